The molecule has 1 amide bonds. The molecule has 0 saturated carbocycles. The van der Waals surface area contributed by atoms with Gasteiger partial charge in [0.25, 0.3) is 11.5 Å². The predicted molar refractivity (Wildman–Crippen MR) is 155 cm³/mol. The molecule has 1 aromatic heterocycles. The second-order valence-corrected chi connectivity index (χ2v) is 9.26. The van der Waals surface area contributed by atoms with E-state index in [4.69, 9.17) is 23.2 Å². The van der Waals surface area contributed by atoms with Gasteiger partial charge >= 0.3 is 0 Å². The summed E-state index contributed by atoms with van der Waals surface area (Å²) in [6.45, 7) is 1.75. The number of aryl methyl sites for hydroxylation is 1. The fraction of sp³-hybridized carbons (Fsp3) is 0.0357. The molecule has 2 N–H and O–H groups in total. The topological polar surface area (TPSA) is 126 Å². The van der Waals surface area contributed by atoms with Crippen molar-refractivity contribution >= 4 is 58.4 Å². The standard InChI is InChI=1S/C28H18Cl2N7O2/c1-16-24(28(39)37(36-16)20-12-8-18(30)9-13-20)15-32-35-26-22-5-3-2-4-21(22)25(34-26)23(14-31)27(38)33-19-10-6-17(29)7-11-19/h2-13,15,36H,1H3,(H,33,38)/q-1. The number of H-pyrrole nitrogens is 1. The van der Waals surface area contributed by atoms with Crippen LogP contribution in [0.5, 0.6) is 0 Å². The molecule has 192 valence electrons. The van der Waals surface area contributed by atoms with Crippen LogP contribution >= 0.6 is 23.2 Å². The summed E-state index contributed by atoms with van der Waals surface area (Å²) in [7, 11) is 0. The van der Waals surface area contributed by atoms with Crippen LogP contribution in [-0.2, 0) is 4.79 Å². The molecule has 0 bridgehead atoms. The van der Waals surface area contributed by atoms with Crippen LogP contribution in [-0.4, -0.2) is 39.3 Å². The number of hydrogen-bond donors (Lipinski definition) is 2. The Bertz CT molecular complexity index is 1790. The van der Waals surface area contributed by atoms with Crippen molar-refractivity contribution in [1.29, 1.82) is 0 Å². The minimum Gasteiger partial charge on any atom is -0.763 e. The van der Waals surface area contributed by atoms with Crippen molar-refractivity contribution in [3.05, 3.63) is 127 Å². The van der Waals surface area contributed by atoms with Crippen LogP contribution in [0, 0.1) is 6.92 Å². The average Bonchev–Trinajstić information content (AvgIpc) is 3.43. The highest BCUT2D eigenvalue weighted by molar-refractivity contribution is 6.41. The van der Waals surface area contributed by atoms with Crippen LogP contribution in [0.15, 0.2) is 98.4 Å². The molecule has 11 heteroatoms. The zero-order chi connectivity index (χ0) is 27.5. The Kier molecular flexibility index (Phi) is 7.21. The quantitative estimate of drug-likeness (QED) is 0.194. The summed E-state index contributed by atoms with van der Waals surface area (Å²) >= 11 is 11.9. The number of rotatable bonds is 6. The highest BCUT2D eigenvalue weighted by Crippen LogP contribution is 2.24. The molecule has 0 radical (unpaired) electrons. The maximum atomic E-state index is 13.0. The van der Waals surface area contributed by atoms with E-state index in [9.17, 15) is 15.0 Å². The van der Waals surface area contributed by atoms with Gasteiger partial charge in [-0.15, -0.1) is 5.10 Å². The zero-order valence-electron chi connectivity index (χ0n) is 20.3. The summed E-state index contributed by atoms with van der Waals surface area (Å²) in [5, 5.41) is 24.9. The Morgan fingerprint density at radius 2 is 1.67 bits per heavy atom. The number of fused-ring (bicyclic) bond motifs is 1. The largest absolute Gasteiger partial charge is 0.763 e. The normalized spacial score (nSPS) is 13.3. The SMILES string of the molecule is Cc1[nH]n(-c2ccc(Cl)cc2)c(=O)c1C=NN=C1N=C(C(=C=[N-])C(=O)Nc2ccc(Cl)cc2)c2ccccc21. The number of hydrogen-bond acceptors (Lipinski definition) is 4. The zero-order valence-corrected chi connectivity index (χ0v) is 21.8. The minimum absolute atomic E-state index is 0.177. The van der Waals surface area contributed by atoms with E-state index in [2.05, 4.69) is 25.6 Å². The van der Waals surface area contributed by atoms with Gasteiger partial charge in [-0.25, -0.2) is 9.67 Å². The summed E-state index contributed by atoms with van der Waals surface area (Å²) < 4.78 is 1.38. The molecule has 0 atom stereocenters. The molecule has 4 aromatic rings. The molecule has 9 nitrogen and oxygen atoms in total. The van der Waals surface area contributed by atoms with Crippen molar-refractivity contribution in [2.24, 2.45) is 15.2 Å². The van der Waals surface area contributed by atoms with Crippen molar-refractivity contribution in [2.45, 2.75) is 6.92 Å². The smallest absolute Gasteiger partial charge is 0.280 e. The third-order valence-corrected chi connectivity index (χ3v) is 6.36. The molecule has 5 rings (SSSR count). The van der Waals surface area contributed by atoms with E-state index in [1.54, 1.807) is 79.7 Å². The van der Waals surface area contributed by atoms with Crippen LogP contribution in [0.4, 0.5) is 5.69 Å². The summed E-state index contributed by atoms with van der Waals surface area (Å²) in [4.78, 5) is 30.4. The molecule has 0 aliphatic carbocycles. The fourth-order valence-corrected chi connectivity index (χ4v) is 4.19. The first-order valence-electron chi connectivity index (χ1n) is 11.6. The van der Waals surface area contributed by atoms with Crippen molar-refractivity contribution in [3.63, 3.8) is 0 Å². The molecule has 1 aliphatic rings. The lowest BCUT2D eigenvalue weighted by atomic mass is 10.00. The van der Waals surface area contributed by atoms with E-state index in [0.717, 1.165) is 0 Å². The second-order valence-electron chi connectivity index (χ2n) is 8.39. The number of nitrogens with zero attached hydrogens (tertiary/aromatic N) is 5. The van der Waals surface area contributed by atoms with Gasteiger partial charge in [0.2, 0.25) is 0 Å². The van der Waals surface area contributed by atoms with E-state index in [1.807, 2.05) is 5.87 Å². The van der Waals surface area contributed by atoms with E-state index < -0.39 is 5.91 Å². The van der Waals surface area contributed by atoms with Crippen molar-refractivity contribution in [3.8, 4) is 5.69 Å². The first kappa shape index (κ1) is 25.8. The van der Waals surface area contributed by atoms with E-state index >= 15 is 0 Å². The van der Waals surface area contributed by atoms with Crippen LogP contribution in [0.1, 0.15) is 22.4 Å². The van der Waals surface area contributed by atoms with E-state index in [0.29, 0.717) is 43.8 Å². The Hall–Kier alpha value is -4.82. The molecular weight excluding hydrogens is 537 g/mol. The van der Waals surface area contributed by atoms with Crippen LogP contribution in [0.3, 0.4) is 0 Å². The molecule has 0 spiro atoms. The maximum Gasteiger partial charge on any atom is 0.280 e. The highest BCUT2D eigenvalue weighted by Gasteiger charge is 2.27. The van der Waals surface area contributed by atoms with E-state index in [-0.39, 0.29) is 22.7 Å². The highest BCUT2D eigenvalue weighted by atomic mass is 35.5. The van der Waals surface area contributed by atoms with Crippen molar-refractivity contribution in [1.82, 2.24) is 9.78 Å². The van der Waals surface area contributed by atoms with Gasteiger partial charge in [0.1, 0.15) is 0 Å². The van der Waals surface area contributed by atoms with Gasteiger partial charge in [0, 0.05) is 32.6 Å². The van der Waals surface area contributed by atoms with Gasteiger partial charge in [-0.05, 0) is 55.5 Å². The third kappa shape index (κ3) is 5.28. The van der Waals surface area contributed by atoms with Crippen molar-refractivity contribution in [2.75, 3.05) is 5.32 Å². The Balaban J connectivity index is 1.45. The maximum absolute atomic E-state index is 13.0. The third-order valence-electron chi connectivity index (χ3n) is 5.86. The molecule has 1 aliphatic heterocycles. The number of anilines is 1. The first-order valence-corrected chi connectivity index (χ1v) is 12.3. The van der Waals surface area contributed by atoms with Crippen LogP contribution in [0.2, 0.25) is 10.0 Å². The molecule has 0 unspecified atom stereocenters. The second kappa shape index (κ2) is 10.9. The monoisotopic (exact) mass is 554 g/mol. The number of halogens is 2. The van der Waals surface area contributed by atoms with Gasteiger partial charge in [0.05, 0.1) is 28.8 Å². The van der Waals surface area contributed by atoms with Crippen molar-refractivity contribution < 1.29 is 4.79 Å². The number of amidine groups is 1. The molecule has 39 heavy (non-hydrogen) atoms. The number of nitrogens with one attached hydrogen (secondary N) is 2. The fourth-order valence-electron chi connectivity index (χ4n) is 3.94. The summed E-state index contributed by atoms with van der Waals surface area (Å²) in [6.07, 6.45) is 1.34. The lowest BCUT2D eigenvalue weighted by Crippen LogP contribution is -2.21. The number of benzene rings is 3. The number of carbonyl (C=O) groups is 1. The van der Waals surface area contributed by atoms with Gasteiger partial charge in [-0.3, -0.25) is 20.6 Å². The van der Waals surface area contributed by atoms with E-state index in [1.165, 1.54) is 10.9 Å². The van der Waals surface area contributed by atoms with Gasteiger partial charge in [0.15, 0.2) is 5.84 Å². The molecule has 0 fully saturated rings. The van der Waals surface area contributed by atoms with Gasteiger partial charge in [-0.1, -0.05) is 47.5 Å². The molecule has 3 aromatic carbocycles. The average molecular weight is 555 g/mol. The number of carbonyl (C=O) groups excluding carboxylic acids is 1. The van der Waals surface area contributed by atoms with Gasteiger partial charge in [-0.2, -0.15) is 5.10 Å². The number of aromatic nitrogens is 2. The predicted octanol–water partition coefficient (Wildman–Crippen LogP) is 5.17. The number of aliphatic imine (C=N–C) groups is 1. The summed E-state index contributed by atoms with van der Waals surface area (Å²) in [6, 6.07) is 20.4. The Morgan fingerprint density at radius 1 is 1.03 bits per heavy atom. The Morgan fingerprint density at radius 3 is 2.33 bits per heavy atom. The number of amides is 1. The minimum atomic E-state index is -0.621. The van der Waals surface area contributed by atoms with Gasteiger partial charge < -0.3 is 10.7 Å². The summed E-state index contributed by atoms with van der Waals surface area (Å²) in [5.74, 6) is 1.54. The molecular formula is C28H18Cl2N7O2-. The van der Waals surface area contributed by atoms with Crippen LogP contribution < -0.4 is 10.9 Å². The summed E-state index contributed by atoms with van der Waals surface area (Å²) in [5.41, 5.74) is 2.86. The number of aromatic amines is 1. The lowest BCUT2D eigenvalue weighted by molar-refractivity contribution is -0.112. The molecule has 2 heterocycles. The lowest BCUT2D eigenvalue weighted by Gasteiger charge is -2.09. The first-order chi connectivity index (χ1) is 18.9. The van der Waals surface area contributed by atoms with Crippen LogP contribution in [0.25, 0.3) is 11.1 Å². The Labute approximate surface area is 232 Å². The molecule has 0 saturated heterocycles.